The fourth-order valence-corrected chi connectivity index (χ4v) is 3.59. The Morgan fingerprint density at radius 1 is 1.23 bits per heavy atom. The molecular formula is C22H27N3O. The molecule has 0 saturated carbocycles. The van der Waals surface area contributed by atoms with E-state index in [9.17, 15) is 0 Å². The van der Waals surface area contributed by atoms with Crippen LogP contribution in [-0.4, -0.2) is 22.7 Å². The van der Waals surface area contributed by atoms with Crippen molar-refractivity contribution in [3.63, 3.8) is 0 Å². The molecule has 1 atom stereocenters. The minimum atomic E-state index is 0.517. The highest BCUT2D eigenvalue weighted by atomic mass is 16.5. The number of nitrogens with one attached hydrogen (secondary N) is 1. The maximum Gasteiger partial charge on any atom is 0.129 e. The monoisotopic (exact) mass is 349 g/mol. The summed E-state index contributed by atoms with van der Waals surface area (Å²) in [6.07, 6.45) is 6.44. The number of fused-ring (bicyclic) bond motifs is 2. The van der Waals surface area contributed by atoms with Gasteiger partial charge in [0.05, 0.1) is 6.61 Å². The summed E-state index contributed by atoms with van der Waals surface area (Å²) in [6, 6.07) is 13.4. The van der Waals surface area contributed by atoms with E-state index in [2.05, 4.69) is 66.3 Å². The lowest BCUT2D eigenvalue weighted by Crippen LogP contribution is -2.14. The van der Waals surface area contributed by atoms with E-state index in [-0.39, 0.29) is 0 Å². The summed E-state index contributed by atoms with van der Waals surface area (Å²) < 4.78 is 8.32. The van der Waals surface area contributed by atoms with Crippen molar-refractivity contribution in [2.75, 3.05) is 18.5 Å². The fraction of sp³-hybridized carbons (Fsp3) is 0.409. The number of aryl methyl sites for hydroxylation is 1. The lowest BCUT2D eigenvalue weighted by atomic mass is 10.1. The van der Waals surface area contributed by atoms with Crippen molar-refractivity contribution in [3.8, 4) is 5.75 Å². The van der Waals surface area contributed by atoms with Gasteiger partial charge in [-0.3, -0.25) is 0 Å². The lowest BCUT2D eigenvalue weighted by molar-refractivity contribution is 0.321. The highest BCUT2D eigenvalue weighted by Crippen LogP contribution is 2.26. The largest absolute Gasteiger partial charge is 0.493 e. The maximum atomic E-state index is 5.99. The molecule has 1 aliphatic rings. The van der Waals surface area contributed by atoms with Crippen molar-refractivity contribution in [1.82, 2.24) is 9.55 Å². The van der Waals surface area contributed by atoms with Gasteiger partial charge in [-0.15, -0.1) is 0 Å². The first-order valence-corrected chi connectivity index (χ1v) is 9.70. The third-order valence-electron chi connectivity index (χ3n) is 5.34. The van der Waals surface area contributed by atoms with Crippen LogP contribution in [0.15, 0.2) is 42.6 Å². The molecule has 0 saturated heterocycles. The molecule has 0 aliphatic carbocycles. The predicted octanol–water partition coefficient (Wildman–Crippen LogP) is 4.99. The number of rotatable bonds is 6. The molecule has 3 heterocycles. The van der Waals surface area contributed by atoms with Gasteiger partial charge in [0.25, 0.3) is 0 Å². The van der Waals surface area contributed by atoms with E-state index in [1.165, 1.54) is 22.9 Å². The van der Waals surface area contributed by atoms with Gasteiger partial charge in [-0.2, -0.15) is 0 Å². The van der Waals surface area contributed by atoms with Crippen molar-refractivity contribution < 1.29 is 4.74 Å². The van der Waals surface area contributed by atoms with Crippen LogP contribution in [-0.2, 0) is 12.8 Å². The molecule has 3 aromatic rings. The Bertz CT molecular complexity index is 900. The summed E-state index contributed by atoms with van der Waals surface area (Å²) in [5.41, 5.74) is 3.69. The highest BCUT2D eigenvalue weighted by molar-refractivity contribution is 5.81. The van der Waals surface area contributed by atoms with Crippen LogP contribution in [0.3, 0.4) is 0 Å². The van der Waals surface area contributed by atoms with Gasteiger partial charge in [-0.1, -0.05) is 13.0 Å². The summed E-state index contributed by atoms with van der Waals surface area (Å²) in [7, 11) is 0. The fourth-order valence-electron chi connectivity index (χ4n) is 3.59. The number of nitrogens with zero attached hydrogens (tertiary/aromatic N) is 2. The van der Waals surface area contributed by atoms with E-state index in [4.69, 9.17) is 9.72 Å². The Hall–Kier alpha value is -2.49. The zero-order valence-corrected chi connectivity index (χ0v) is 15.7. The topological polar surface area (TPSA) is 39.1 Å². The van der Waals surface area contributed by atoms with E-state index in [1.807, 2.05) is 0 Å². The van der Waals surface area contributed by atoms with E-state index in [0.29, 0.717) is 12.6 Å². The van der Waals surface area contributed by atoms with Crippen LogP contribution < -0.4 is 10.1 Å². The first-order valence-electron chi connectivity index (χ1n) is 9.70. The van der Waals surface area contributed by atoms with E-state index in [0.717, 1.165) is 43.1 Å². The molecule has 0 bridgehead atoms. The summed E-state index contributed by atoms with van der Waals surface area (Å²) >= 11 is 0. The van der Waals surface area contributed by atoms with Crippen LogP contribution in [0.2, 0.25) is 0 Å². The first-order chi connectivity index (χ1) is 12.7. The van der Waals surface area contributed by atoms with E-state index >= 15 is 0 Å². The molecule has 26 heavy (non-hydrogen) atoms. The number of anilines is 1. The Kier molecular flexibility index (Phi) is 4.83. The molecule has 0 amide bonds. The second-order valence-electron chi connectivity index (χ2n) is 7.14. The van der Waals surface area contributed by atoms with Crippen LogP contribution in [0.1, 0.15) is 44.0 Å². The summed E-state index contributed by atoms with van der Waals surface area (Å²) in [5, 5.41) is 4.63. The van der Waals surface area contributed by atoms with Crippen molar-refractivity contribution >= 4 is 16.7 Å². The first kappa shape index (κ1) is 17.0. The number of benzene rings is 1. The van der Waals surface area contributed by atoms with Gasteiger partial charge < -0.3 is 14.6 Å². The molecule has 1 unspecified atom stereocenters. The second kappa shape index (κ2) is 7.40. The standard InChI is InChI=1S/C22H27N3O/c1-3-16(2)25-13-10-18-15-20(8-9-21(18)25)26-14-11-19-7-6-17-5-4-12-23-22(17)24-19/h6-10,13,15-16H,3-5,11-12,14H2,1-2H3,(H,23,24). The Morgan fingerprint density at radius 2 is 2.15 bits per heavy atom. The normalized spacial score (nSPS) is 14.7. The van der Waals surface area contributed by atoms with Crippen molar-refractivity contribution in [2.45, 2.75) is 45.6 Å². The number of hydrogen-bond donors (Lipinski definition) is 1. The molecule has 1 aromatic carbocycles. The van der Waals surface area contributed by atoms with Crippen molar-refractivity contribution in [2.24, 2.45) is 0 Å². The van der Waals surface area contributed by atoms with Crippen LogP contribution in [0.25, 0.3) is 10.9 Å². The van der Waals surface area contributed by atoms with Gasteiger partial charge in [0, 0.05) is 41.8 Å². The van der Waals surface area contributed by atoms with Gasteiger partial charge in [-0.25, -0.2) is 4.98 Å². The van der Waals surface area contributed by atoms with Gasteiger partial charge >= 0.3 is 0 Å². The molecule has 0 spiro atoms. The molecule has 1 N–H and O–H groups in total. The average Bonchev–Trinajstić information content (AvgIpc) is 3.10. The van der Waals surface area contributed by atoms with Gasteiger partial charge in [0.15, 0.2) is 0 Å². The zero-order chi connectivity index (χ0) is 17.9. The molecule has 136 valence electrons. The van der Waals surface area contributed by atoms with Crippen molar-refractivity contribution in [1.29, 1.82) is 0 Å². The Morgan fingerprint density at radius 3 is 3.04 bits per heavy atom. The minimum Gasteiger partial charge on any atom is -0.493 e. The number of ether oxygens (including phenoxy) is 1. The van der Waals surface area contributed by atoms with Crippen molar-refractivity contribution in [3.05, 3.63) is 53.9 Å². The second-order valence-corrected chi connectivity index (χ2v) is 7.14. The number of hydrogen-bond acceptors (Lipinski definition) is 3. The molecule has 0 radical (unpaired) electrons. The summed E-state index contributed by atoms with van der Waals surface area (Å²) in [4.78, 5) is 4.73. The molecule has 2 aromatic heterocycles. The van der Waals surface area contributed by atoms with Crippen LogP contribution in [0, 0.1) is 0 Å². The highest BCUT2D eigenvalue weighted by Gasteiger charge is 2.11. The molecule has 4 nitrogen and oxygen atoms in total. The van der Waals surface area contributed by atoms with E-state index < -0.39 is 0 Å². The van der Waals surface area contributed by atoms with Crippen LogP contribution >= 0.6 is 0 Å². The summed E-state index contributed by atoms with van der Waals surface area (Å²) in [6.45, 7) is 6.14. The molecular weight excluding hydrogens is 322 g/mol. The summed E-state index contributed by atoms with van der Waals surface area (Å²) in [5.74, 6) is 1.98. The van der Waals surface area contributed by atoms with E-state index in [1.54, 1.807) is 0 Å². The van der Waals surface area contributed by atoms with Gasteiger partial charge in [0.1, 0.15) is 11.6 Å². The lowest BCUT2D eigenvalue weighted by Gasteiger charge is -2.17. The molecule has 4 rings (SSSR count). The number of pyridine rings is 1. The SMILES string of the molecule is CCC(C)n1ccc2cc(OCCc3ccc4c(n3)NCCC4)ccc21. The molecule has 1 aliphatic heterocycles. The molecule has 4 heteroatoms. The third kappa shape index (κ3) is 3.41. The smallest absolute Gasteiger partial charge is 0.129 e. The Balaban J connectivity index is 1.40. The third-order valence-corrected chi connectivity index (χ3v) is 5.34. The minimum absolute atomic E-state index is 0.517. The molecule has 0 fully saturated rings. The predicted molar refractivity (Wildman–Crippen MR) is 107 cm³/mol. The van der Waals surface area contributed by atoms with Crippen LogP contribution in [0.5, 0.6) is 5.75 Å². The van der Waals surface area contributed by atoms with Gasteiger partial charge in [0.2, 0.25) is 0 Å². The average molecular weight is 349 g/mol. The maximum absolute atomic E-state index is 5.99. The van der Waals surface area contributed by atoms with Gasteiger partial charge in [-0.05, 0) is 62.1 Å². The van der Waals surface area contributed by atoms with Crippen LogP contribution in [0.4, 0.5) is 5.82 Å². The number of aromatic nitrogens is 2. The quantitative estimate of drug-likeness (QED) is 0.681. The zero-order valence-electron chi connectivity index (χ0n) is 15.7. The Labute approximate surface area is 155 Å².